The highest BCUT2D eigenvalue weighted by Crippen LogP contribution is 2.24. The van der Waals surface area contributed by atoms with Crippen LogP contribution < -0.4 is 10.2 Å². The smallest absolute Gasteiger partial charge is 0.274 e. The minimum atomic E-state index is -0.314. The first-order valence-electron chi connectivity index (χ1n) is 6.77. The van der Waals surface area contributed by atoms with Gasteiger partial charge in [-0.3, -0.25) is 10.1 Å². The number of nitrogens with zero attached hydrogens (tertiary/aromatic N) is 2. The number of anilines is 1. The lowest BCUT2D eigenvalue weighted by molar-refractivity contribution is -0.385. The molecule has 0 amide bonds. The van der Waals surface area contributed by atoms with Crippen LogP contribution in [-0.2, 0) is 0 Å². The van der Waals surface area contributed by atoms with Gasteiger partial charge in [0.2, 0.25) is 0 Å². The first-order valence-corrected chi connectivity index (χ1v) is 6.77. The number of likely N-dealkylation sites (N-methyl/N-ethyl adjacent to an activating group) is 1. The molecule has 1 atom stereocenters. The maximum Gasteiger partial charge on any atom is 0.274 e. The number of hydrogen-bond donors (Lipinski definition) is 1. The van der Waals surface area contributed by atoms with Crippen LogP contribution in [0.4, 0.5) is 11.4 Å². The third kappa shape index (κ3) is 3.44. The number of aryl methyl sites for hydroxylation is 1. The average Bonchev–Trinajstić information content (AvgIpc) is 2.40. The normalized spacial score (nSPS) is 19.2. The van der Waals surface area contributed by atoms with Crippen molar-refractivity contribution in [3.05, 3.63) is 33.9 Å². The van der Waals surface area contributed by atoms with Gasteiger partial charge in [0, 0.05) is 37.0 Å². The van der Waals surface area contributed by atoms with Gasteiger partial charge in [0.05, 0.1) is 4.92 Å². The molecular weight excluding hydrogens is 242 g/mol. The van der Waals surface area contributed by atoms with E-state index in [1.807, 2.05) is 19.2 Å². The standard InChI is InChI=1S/C14H21N3O2/c1-11-6-7-13(9-14(11)17(18)19)16(2)10-12-5-3-4-8-15-12/h6-7,9,12,15H,3-5,8,10H2,1-2H3. The lowest BCUT2D eigenvalue weighted by Crippen LogP contribution is -2.42. The minimum absolute atomic E-state index is 0.195. The molecule has 1 fully saturated rings. The van der Waals surface area contributed by atoms with E-state index < -0.39 is 0 Å². The van der Waals surface area contributed by atoms with Gasteiger partial charge in [-0.25, -0.2) is 0 Å². The summed E-state index contributed by atoms with van der Waals surface area (Å²) < 4.78 is 0. The van der Waals surface area contributed by atoms with E-state index in [1.165, 1.54) is 19.3 Å². The van der Waals surface area contributed by atoms with E-state index in [1.54, 1.807) is 13.0 Å². The van der Waals surface area contributed by atoms with Gasteiger partial charge in [0.15, 0.2) is 0 Å². The molecule has 5 heteroatoms. The predicted molar refractivity (Wildman–Crippen MR) is 76.7 cm³/mol. The van der Waals surface area contributed by atoms with E-state index in [9.17, 15) is 10.1 Å². The fourth-order valence-corrected chi connectivity index (χ4v) is 2.55. The molecule has 1 heterocycles. The molecule has 1 N–H and O–H groups in total. The third-order valence-corrected chi connectivity index (χ3v) is 3.74. The molecule has 1 saturated heterocycles. The SMILES string of the molecule is Cc1ccc(N(C)CC2CCCCN2)cc1[N+](=O)[O-]. The van der Waals surface area contributed by atoms with Gasteiger partial charge in [-0.15, -0.1) is 0 Å². The molecule has 0 spiro atoms. The van der Waals surface area contributed by atoms with E-state index in [0.717, 1.165) is 18.8 Å². The molecule has 1 aromatic rings. The summed E-state index contributed by atoms with van der Waals surface area (Å²) in [4.78, 5) is 12.7. The molecule has 0 aliphatic carbocycles. The molecule has 0 radical (unpaired) electrons. The van der Waals surface area contributed by atoms with Gasteiger partial charge >= 0.3 is 0 Å². The number of hydrogen-bond acceptors (Lipinski definition) is 4. The molecule has 5 nitrogen and oxygen atoms in total. The second-order valence-corrected chi connectivity index (χ2v) is 5.26. The molecule has 2 rings (SSSR count). The van der Waals surface area contributed by atoms with Gasteiger partial charge in [0.25, 0.3) is 5.69 Å². The molecular formula is C14H21N3O2. The first kappa shape index (κ1) is 13.8. The second kappa shape index (κ2) is 6.02. The van der Waals surface area contributed by atoms with Crippen LogP contribution in [-0.4, -0.2) is 31.1 Å². The van der Waals surface area contributed by atoms with Crippen molar-refractivity contribution in [2.45, 2.75) is 32.2 Å². The van der Waals surface area contributed by atoms with Gasteiger partial charge in [-0.1, -0.05) is 12.5 Å². The summed E-state index contributed by atoms with van der Waals surface area (Å²) in [6.45, 7) is 3.73. The monoisotopic (exact) mass is 263 g/mol. The van der Waals surface area contributed by atoms with Gasteiger partial charge in [-0.05, 0) is 32.4 Å². The molecule has 0 bridgehead atoms. The lowest BCUT2D eigenvalue weighted by Gasteiger charge is -2.29. The molecule has 0 saturated carbocycles. The number of nitro benzene ring substituents is 1. The van der Waals surface area contributed by atoms with E-state index >= 15 is 0 Å². The molecule has 1 aliphatic rings. The van der Waals surface area contributed by atoms with E-state index in [0.29, 0.717) is 11.6 Å². The Morgan fingerprint density at radius 2 is 2.26 bits per heavy atom. The summed E-state index contributed by atoms with van der Waals surface area (Å²) in [5.74, 6) is 0. The molecule has 1 unspecified atom stereocenters. The van der Waals surface area contributed by atoms with Crippen LogP contribution in [0, 0.1) is 17.0 Å². The topological polar surface area (TPSA) is 58.4 Å². The summed E-state index contributed by atoms with van der Waals surface area (Å²) >= 11 is 0. The third-order valence-electron chi connectivity index (χ3n) is 3.74. The summed E-state index contributed by atoms with van der Waals surface area (Å²) in [5, 5.41) is 14.5. The van der Waals surface area contributed by atoms with Crippen molar-refractivity contribution >= 4 is 11.4 Å². The highest BCUT2D eigenvalue weighted by molar-refractivity contribution is 5.56. The summed E-state index contributed by atoms with van der Waals surface area (Å²) in [6, 6.07) is 5.92. The van der Waals surface area contributed by atoms with Crippen molar-refractivity contribution in [1.82, 2.24) is 5.32 Å². The summed E-state index contributed by atoms with van der Waals surface area (Å²) in [5.41, 5.74) is 1.81. The Balaban J connectivity index is 2.07. The van der Waals surface area contributed by atoms with Crippen LogP contribution >= 0.6 is 0 Å². The van der Waals surface area contributed by atoms with Crippen molar-refractivity contribution in [1.29, 1.82) is 0 Å². The van der Waals surface area contributed by atoms with E-state index in [4.69, 9.17) is 0 Å². The number of benzene rings is 1. The van der Waals surface area contributed by atoms with Crippen LogP contribution in [0.5, 0.6) is 0 Å². The molecule has 1 aliphatic heterocycles. The highest BCUT2D eigenvalue weighted by Gasteiger charge is 2.17. The fraction of sp³-hybridized carbons (Fsp3) is 0.571. The first-order chi connectivity index (χ1) is 9.08. The van der Waals surface area contributed by atoms with Crippen molar-refractivity contribution in [2.75, 3.05) is 25.0 Å². The van der Waals surface area contributed by atoms with Crippen molar-refractivity contribution in [3.63, 3.8) is 0 Å². The molecule has 1 aromatic carbocycles. The van der Waals surface area contributed by atoms with Crippen molar-refractivity contribution < 1.29 is 4.92 Å². The molecule has 0 aromatic heterocycles. The van der Waals surface area contributed by atoms with Crippen LogP contribution in [0.25, 0.3) is 0 Å². The Morgan fingerprint density at radius 3 is 2.89 bits per heavy atom. The number of rotatable bonds is 4. The predicted octanol–water partition coefficient (Wildman–Crippen LogP) is 2.48. The van der Waals surface area contributed by atoms with E-state index in [2.05, 4.69) is 10.2 Å². The van der Waals surface area contributed by atoms with Crippen LogP contribution in [0.15, 0.2) is 18.2 Å². The maximum atomic E-state index is 11.0. The quantitative estimate of drug-likeness (QED) is 0.669. The van der Waals surface area contributed by atoms with Gasteiger partial charge in [-0.2, -0.15) is 0 Å². The Hall–Kier alpha value is -1.62. The highest BCUT2D eigenvalue weighted by atomic mass is 16.6. The van der Waals surface area contributed by atoms with E-state index in [-0.39, 0.29) is 10.6 Å². The van der Waals surface area contributed by atoms with Crippen LogP contribution in [0.3, 0.4) is 0 Å². The second-order valence-electron chi connectivity index (χ2n) is 5.26. The fourth-order valence-electron chi connectivity index (χ4n) is 2.55. The number of nitrogens with one attached hydrogen (secondary N) is 1. The van der Waals surface area contributed by atoms with Crippen LogP contribution in [0.1, 0.15) is 24.8 Å². The van der Waals surface area contributed by atoms with Crippen molar-refractivity contribution in [3.8, 4) is 0 Å². The Kier molecular flexibility index (Phi) is 4.37. The minimum Gasteiger partial charge on any atom is -0.373 e. The Bertz CT molecular complexity index is 456. The number of piperidine rings is 1. The summed E-state index contributed by atoms with van der Waals surface area (Å²) in [6.07, 6.45) is 3.69. The van der Waals surface area contributed by atoms with Gasteiger partial charge < -0.3 is 10.2 Å². The molecule has 19 heavy (non-hydrogen) atoms. The maximum absolute atomic E-state index is 11.0. The van der Waals surface area contributed by atoms with Crippen LogP contribution in [0.2, 0.25) is 0 Å². The number of nitro groups is 1. The zero-order valence-electron chi connectivity index (χ0n) is 11.6. The lowest BCUT2D eigenvalue weighted by atomic mass is 10.0. The van der Waals surface area contributed by atoms with Gasteiger partial charge in [0.1, 0.15) is 0 Å². The average molecular weight is 263 g/mol. The largest absolute Gasteiger partial charge is 0.373 e. The Morgan fingerprint density at radius 1 is 1.47 bits per heavy atom. The van der Waals surface area contributed by atoms with Crippen molar-refractivity contribution in [2.24, 2.45) is 0 Å². The zero-order chi connectivity index (χ0) is 13.8. The molecule has 104 valence electrons. The summed E-state index contributed by atoms with van der Waals surface area (Å²) in [7, 11) is 1.99. The Labute approximate surface area is 113 Å². The zero-order valence-corrected chi connectivity index (χ0v) is 11.6.